The van der Waals surface area contributed by atoms with Gasteiger partial charge in [-0.05, 0) is 18.4 Å². The minimum Gasteiger partial charge on any atom is -0.285 e. The Morgan fingerprint density at radius 2 is 1.50 bits per heavy atom. The number of hydrogen-bond donors (Lipinski definition) is 0. The van der Waals surface area contributed by atoms with E-state index in [1.54, 1.807) is 0 Å². The summed E-state index contributed by atoms with van der Waals surface area (Å²) in [7, 11) is 0. The van der Waals surface area contributed by atoms with Crippen LogP contribution < -0.4 is 0 Å². The van der Waals surface area contributed by atoms with Gasteiger partial charge in [0.25, 0.3) is 0 Å². The van der Waals surface area contributed by atoms with Crippen LogP contribution >= 0.6 is 0 Å². The van der Waals surface area contributed by atoms with Gasteiger partial charge in [-0.3, -0.25) is 4.90 Å². The Morgan fingerprint density at radius 1 is 0.938 bits per heavy atom. The van der Waals surface area contributed by atoms with Crippen molar-refractivity contribution in [3.63, 3.8) is 0 Å². The zero-order valence-corrected chi connectivity index (χ0v) is 9.58. The summed E-state index contributed by atoms with van der Waals surface area (Å²) in [5.74, 6) is 0. The van der Waals surface area contributed by atoms with Gasteiger partial charge in [0.1, 0.15) is 0 Å². The molecule has 2 saturated heterocycles. The maximum absolute atomic E-state index is 4.16. The van der Waals surface area contributed by atoms with Crippen LogP contribution in [0.4, 0.5) is 0 Å². The van der Waals surface area contributed by atoms with E-state index in [-0.39, 0.29) is 5.54 Å². The highest BCUT2D eigenvalue weighted by molar-refractivity contribution is 5.36. The fraction of sp³-hybridized carbons (Fsp3) is 0.333. The molecule has 0 saturated carbocycles. The topological polar surface area (TPSA) is 3.24 Å². The molecule has 2 heterocycles. The Hall–Kier alpha value is -1.34. The first kappa shape index (κ1) is 9.86. The van der Waals surface area contributed by atoms with E-state index in [2.05, 4.69) is 48.4 Å². The molecule has 1 aromatic carbocycles. The largest absolute Gasteiger partial charge is 0.285 e. The average Bonchev–Trinajstić information content (AvgIpc) is 2.71. The van der Waals surface area contributed by atoms with Crippen molar-refractivity contribution in [2.45, 2.75) is 18.4 Å². The lowest BCUT2D eigenvalue weighted by Gasteiger charge is -2.31. The fourth-order valence-corrected chi connectivity index (χ4v) is 3.26. The zero-order valence-electron chi connectivity index (χ0n) is 9.58. The highest BCUT2D eigenvalue weighted by atomic mass is 15.2. The average molecular weight is 211 g/mol. The SMILES string of the molecule is C=C1CN2CC(=C)CC2(c2ccccc2)C1. The predicted molar refractivity (Wildman–Crippen MR) is 67.2 cm³/mol. The maximum Gasteiger partial charge on any atom is 0.0542 e. The summed E-state index contributed by atoms with van der Waals surface area (Å²) >= 11 is 0. The van der Waals surface area contributed by atoms with Crippen LogP contribution in [-0.4, -0.2) is 18.0 Å². The Morgan fingerprint density at radius 3 is 2.06 bits per heavy atom. The van der Waals surface area contributed by atoms with Gasteiger partial charge in [0.05, 0.1) is 5.54 Å². The fourth-order valence-electron chi connectivity index (χ4n) is 3.26. The van der Waals surface area contributed by atoms with Crippen molar-refractivity contribution >= 4 is 0 Å². The van der Waals surface area contributed by atoms with Gasteiger partial charge in [-0.15, -0.1) is 0 Å². The summed E-state index contributed by atoms with van der Waals surface area (Å²) in [5, 5.41) is 0. The minimum atomic E-state index is 0.176. The van der Waals surface area contributed by atoms with Crippen molar-refractivity contribution in [2.24, 2.45) is 0 Å². The quantitative estimate of drug-likeness (QED) is 0.645. The number of benzene rings is 1. The van der Waals surface area contributed by atoms with Crippen LogP contribution in [0, 0.1) is 0 Å². The van der Waals surface area contributed by atoms with Crippen LogP contribution in [-0.2, 0) is 5.54 Å². The monoisotopic (exact) mass is 211 g/mol. The van der Waals surface area contributed by atoms with Gasteiger partial charge in [0.15, 0.2) is 0 Å². The van der Waals surface area contributed by atoms with E-state index in [4.69, 9.17) is 0 Å². The van der Waals surface area contributed by atoms with E-state index >= 15 is 0 Å². The van der Waals surface area contributed by atoms with Gasteiger partial charge >= 0.3 is 0 Å². The molecule has 0 bridgehead atoms. The van der Waals surface area contributed by atoms with Crippen LogP contribution in [0.25, 0.3) is 0 Å². The van der Waals surface area contributed by atoms with Gasteiger partial charge in [0, 0.05) is 13.1 Å². The Kier molecular flexibility index (Phi) is 2.05. The highest BCUT2D eigenvalue weighted by Crippen LogP contribution is 2.49. The third-order valence-electron chi connectivity index (χ3n) is 3.83. The molecule has 0 unspecified atom stereocenters. The van der Waals surface area contributed by atoms with E-state index in [9.17, 15) is 0 Å². The first-order chi connectivity index (χ1) is 7.71. The first-order valence-electron chi connectivity index (χ1n) is 5.85. The van der Waals surface area contributed by atoms with Crippen LogP contribution in [0.3, 0.4) is 0 Å². The van der Waals surface area contributed by atoms with Crippen LogP contribution in [0.1, 0.15) is 18.4 Å². The maximum atomic E-state index is 4.16. The molecule has 0 radical (unpaired) electrons. The lowest BCUT2D eigenvalue weighted by molar-refractivity contribution is 0.197. The lowest BCUT2D eigenvalue weighted by Crippen LogP contribution is -2.35. The Balaban J connectivity index is 2.08. The molecule has 1 aromatic rings. The summed E-state index contributed by atoms with van der Waals surface area (Å²) in [5.41, 5.74) is 4.31. The molecule has 0 N–H and O–H groups in total. The molecule has 1 nitrogen and oxygen atoms in total. The molecule has 0 spiro atoms. The van der Waals surface area contributed by atoms with Crippen molar-refractivity contribution in [3.8, 4) is 0 Å². The summed E-state index contributed by atoms with van der Waals surface area (Å²) < 4.78 is 0. The van der Waals surface area contributed by atoms with Crippen molar-refractivity contribution < 1.29 is 0 Å². The molecular formula is C15H17N. The number of hydrogen-bond acceptors (Lipinski definition) is 1. The van der Waals surface area contributed by atoms with Crippen molar-refractivity contribution in [1.29, 1.82) is 0 Å². The van der Waals surface area contributed by atoms with Crippen LogP contribution in [0.15, 0.2) is 54.6 Å². The normalized spacial score (nSPS) is 23.8. The number of rotatable bonds is 1. The van der Waals surface area contributed by atoms with Crippen LogP contribution in [0.2, 0.25) is 0 Å². The van der Waals surface area contributed by atoms with Crippen molar-refractivity contribution in [3.05, 3.63) is 60.2 Å². The molecule has 82 valence electrons. The van der Waals surface area contributed by atoms with Crippen molar-refractivity contribution in [1.82, 2.24) is 4.90 Å². The number of nitrogens with zero attached hydrogens (tertiary/aromatic N) is 1. The summed E-state index contributed by atoms with van der Waals surface area (Å²) in [6.45, 7) is 10.4. The zero-order chi connectivity index (χ0) is 11.2. The second kappa shape index (κ2) is 3.33. The number of fused-ring (bicyclic) bond motifs is 1. The summed E-state index contributed by atoms with van der Waals surface area (Å²) in [4.78, 5) is 2.53. The second-order valence-corrected chi connectivity index (χ2v) is 5.11. The standard InChI is InChI=1S/C15H17N/c1-12-8-15(14-6-4-3-5-7-14)9-13(2)11-16(15)10-12/h3-7H,1-2,8-11H2. The molecule has 0 amide bonds. The molecule has 3 rings (SSSR count). The molecule has 2 fully saturated rings. The summed E-state index contributed by atoms with van der Waals surface area (Å²) in [6, 6.07) is 10.8. The third kappa shape index (κ3) is 1.28. The first-order valence-corrected chi connectivity index (χ1v) is 5.85. The Bertz CT molecular complexity index is 424. The van der Waals surface area contributed by atoms with E-state index < -0.39 is 0 Å². The van der Waals surface area contributed by atoms with Gasteiger partial charge in [-0.25, -0.2) is 0 Å². The molecule has 2 aliphatic heterocycles. The molecular weight excluding hydrogens is 194 g/mol. The van der Waals surface area contributed by atoms with E-state index in [1.165, 1.54) is 16.7 Å². The van der Waals surface area contributed by atoms with Crippen LogP contribution in [0.5, 0.6) is 0 Å². The summed E-state index contributed by atoms with van der Waals surface area (Å²) in [6.07, 6.45) is 2.19. The van der Waals surface area contributed by atoms with Gasteiger partial charge in [0.2, 0.25) is 0 Å². The van der Waals surface area contributed by atoms with Crippen molar-refractivity contribution in [2.75, 3.05) is 13.1 Å². The highest BCUT2D eigenvalue weighted by Gasteiger charge is 2.48. The van der Waals surface area contributed by atoms with Gasteiger partial charge in [-0.2, -0.15) is 0 Å². The van der Waals surface area contributed by atoms with Gasteiger partial charge < -0.3 is 0 Å². The Labute approximate surface area is 97.1 Å². The second-order valence-electron chi connectivity index (χ2n) is 5.11. The molecule has 0 aliphatic carbocycles. The smallest absolute Gasteiger partial charge is 0.0542 e. The predicted octanol–water partition coefficient (Wildman–Crippen LogP) is 3.10. The minimum absolute atomic E-state index is 0.176. The molecule has 16 heavy (non-hydrogen) atoms. The molecule has 1 heteroatoms. The van der Waals surface area contributed by atoms with Gasteiger partial charge in [-0.1, -0.05) is 54.6 Å². The third-order valence-corrected chi connectivity index (χ3v) is 3.83. The van der Waals surface area contributed by atoms with E-state index in [1.807, 2.05) is 0 Å². The molecule has 0 atom stereocenters. The lowest BCUT2D eigenvalue weighted by atomic mass is 9.84. The van der Waals surface area contributed by atoms with E-state index in [0.717, 1.165) is 25.9 Å². The van der Waals surface area contributed by atoms with E-state index in [0.29, 0.717) is 0 Å². The molecule has 2 aliphatic rings. The molecule has 0 aromatic heterocycles.